The molecule has 0 spiro atoms. The largest absolute Gasteiger partial charge is 0.321 e. The number of aryl methyl sites for hydroxylation is 2. The number of hydrogen-bond acceptors (Lipinski definition) is 1. The van der Waals surface area contributed by atoms with Crippen molar-refractivity contribution in [1.82, 2.24) is 0 Å². The van der Waals surface area contributed by atoms with Gasteiger partial charge in [0.2, 0.25) is 0 Å². The Labute approximate surface area is 87.3 Å². The van der Waals surface area contributed by atoms with Gasteiger partial charge in [-0.1, -0.05) is 32.0 Å². The van der Waals surface area contributed by atoms with E-state index in [4.69, 9.17) is 5.73 Å². The molecule has 0 amide bonds. The van der Waals surface area contributed by atoms with Gasteiger partial charge in [0.1, 0.15) is 0 Å². The standard InChI is InChI=1S/C13H21N/c1-9(2)13(5,14)12-7-6-10(3)11(4)8-12/h6-9H,14H2,1-5H3/t13-/m1/s1. The molecule has 1 rings (SSSR count). The van der Waals surface area contributed by atoms with Crippen LogP contribution in [-0.4, -0.2) is 0 Å². The van der Waals surface area contributed by atoms with Crippen molar-refractivity contribution >= 4 is 0 Å². The van der Waals surface area contributed by atoms with Crippen molar-refractivity contribution in [3.63, 3.8) is 0 Å². The van der Waals surface area contributed by atoms with Crippen molar-refractivity contribution in [2.75, 3.05) is 0 Å². The van der Waals surface area contributed by atoms with Crippen molar-refractivity contribution in [3.8, 4) is 0 Å². The van der Waals surface area contributed by atoms with E-state index in [1.54, 1.807) is 0 Å². The van der Waals surface area contributed by atoms with Gasteiger partial charge in [0.15, 0.2) is 0 Å². The monoisotopic (exact) mass is 191 g/mol. The molecule has 0 aromatic heterocycles. The zero-order chi connectivity index (χ0) is 10.9. The average molecular weight is 191 g/mol. The lowest BCUT2D eigenvalue weighted by Crippen LogP contribution is -2.38. The molecule has 1 atom stereocenters. The van der Waals surface area contributed by atoms with Crippen LogP contribution in [0.4, 0.5) is 0 Å². The maximum absolute atomic E-state index is 6.30. The molecule has 78 valence electrons. The summed E-state index contributed by atoms with van der Waals surface area (Å²) in [6.07, 6.45) is 0. The van der Waals surface area contributed by atoms with Gasteiger partial charge in [-0.2, -0.15) is 0 Å². The second-order valence-corrected chi connectivity index (χ2v) is 4.74. The van der Waals surface area contributed by atoms with Crippen molar-refractivity contribution in [2.24, 2.45) is 11.7 Å². The van der Waals surface area contributed by atoms with E-state index in [0.717, 1.165) is 0 Å². The Hall–Kier alpha value is -0.820. The van der Waals surface area contributed by atoms with Gasteiger partial charge in [-0.3, -0.25) is 0 Å². The Kier molecular flexibility index (Phi) is 3.01. The summed E-state index contributed by atoms with van der Waals surface area (Å²) in [5.41, 5.74) is 9.95. The first-order valence-corrected chi connectivity index (χ1v) is 5.22. The highest BCUT2D eigenvalue weighted by molar-refractivity contribution is 5.33. The van der Waals surface area contributed by atoms with Crippen LogP contribution < -0.4 is 5.73 Å². The summed E-state index contributed by atoms with van der Waals surface area (Å²) >= 11 is 0. The van der Waals surface area contributed by atoms with E-state index in [1.165, 1.54) is 16.7 Å². The third kappa shape index (κ3) is 1.98. The second-order valence-electron chi connectivity index (χ2n) is 4.74. The van der Waals surface area contributed by atoms with Gasteiger partial charge < -0.3 is 5.73 Å². The first kappa shape index (κ1) is 11.3. The molecule has 0 aliphatic heterocycles. The van der Waals surface area contributed by atoms with E-state index in [1.807, 2.05) is 0 Å². The average Bonchev–Trinajstić information content (AvgIpc) is 2.09. The molecule has 14 heavy (non-hydrogen) atoms. The lowest BCUT2D eigenvalue weighted by Gasteiger charge is -2.30. The fourth-order valence-electron chi connectivity index (χ4n) is 1.41. The van der Waals surface area contributed by atoms with E-state index < -0.39 is 0 Å². The van der Waals surface area contributed by atoms with Gasteiger partial charge in [-0.05, 0) is 43.4 Å². The first-order valence-electron chi connectivity index (χ1n) is 5.22. The Balaban J connectivity index is 3.14. The van der Waals surface area contributed by atoms with Gasteiger partial charge >= 0.3 is 0 Å². The molecule has 2 N–H and O–H groups in total. The first-order chi connectivity index (χ1) is 6.35. The quantitative estimate of drug-likeness (QED) is 0.763. The van der Waals surface area contributed by atoms with Gasteiger partial charge in [0, 0.05) is 5.54 Å². The Morgan fingerprint density at radius 3 is 2.14 bits per heavy atom. The molecule has 0 fully saturated rings. The van der Waals surface area contributed by atoms with Crippen LogP contribution in [0.5, 0.6) is 0 Å². The lowest BCUT2D eigenvalue weighted by atomic mass is 9.82. The lowest BCUT2D eigenvalue weighted by molar-refractivity contribution is 0.350. The molecule has 1 aromatic rings. The molecule has 0 aliphatic rings. The van der Waals surface area contributed by atoms with E-state index >= 15 is 0 Å². The van der Waals surface area contributed by atoms with Crippen LogP contribution in [0, 0.1) is 19.8 Å². The predicted octanol–water partition coefficient (Wildman–Crippen LogP) is 3.13. The summed E-state index contributed by atoms with van der Waals surface area (Å²) in [5.74, 6) is 0.449. The highest BCUT2D eigenvalue weighted by Gasteiger charge is 2.25. The molecule has 0 saturated carbocycles. The Morgan fingerprint density at radius 2 is 1.71 bits per heavy atom. The highest BCUT2D eigenvalue weighted by atomic mass is 14.7. The number of benzene rings is 1. The van der Waals surface area contributed by atoms with Gasteiger partial charge in [0.25, 0.3) is 0 Å². The second kappa shape index (κ2) is 3.74. The van der Waals surface area contributed by atoms with E-state index in [0.29, 0.717) is 5.92 Å². The van der Waals surface area contributed by atoms with Crippen molar-refractivity contribution in [1.29, 1.82) is 0 Å². The van der Waals surface area contributed by atoms with Crippen LogP contribution in [0.15, 0.2) is 18.2 Å². The molecule has 0 bridgehead atoms. The summed E-state index contributed by atoms with van der Waals surface area (Å²) < 4.78 is 0. The van der Waals surface area contributed by atoms with Crippen molar-refractivity contribution in [2.45, 2.75) is 40.2 Å². The van der Waals surface area contributed by atoms with Crippen LogP contribution in [0.2, 0.25) is 0 Å². The maximum atomic E-state index is 6.30. The zero-order valence-electron chi connectivity index (χ0n) is 9.89. The molecule has 0 unspecified atom stereocenters. The summed E-state index contributed by atoms with van der Waals surface area (Å²) in [6, 6.07) is 6.50. The molecular formula is C13H21N. The highest BCUT2D eigenvalue weighted by Crippen LogP contribution is 2.27. The number of nitrogens with two attached hydrogens (primary N) is 1. The maximum Gasteiger partial charge on any atom is 0.0404 e. The molecule has 0 saturated heterocycles. The molecule has 0 heterocycles. The minimum Gasteiger partial charge on any atom is -0.321 e. The number of hydrogen-bond donors (Lipinski definition) is 1. The molecule has 0 aliphatic carbocycles. The van der Waals surface area contributed by atoms with Crippen molar-refractivity contribution < 1.29 is 0 Å². The van der Waals surface area contributed by atoms with E-state index in [9.17, 15) is 0 Å². The summed E-state index contributed by atoms with van der Waals surface area (Å²) in [4.78, 5) is 0. The molecule has 0 radical (unpaired) electrons. The van der Waals surface area contributed by atoms with Gasteiger partial charge in [-0.25, -0.2) is 0 Å². The summed E-state index contributed by atoms with van der Waals surface area (Å²) in [7, 11) is 0. The third-order valence-electron chi connectivity index (χ3n) is 3.33. The predicted molar refractivity (Wildman–Crippen MR) is 62.3 cm³/mol. The fraction of sp³-hybridized carbons (Fsp3) is 0.538. The van der Waals surface area contributed by atoms with Gasteiger partial charge in [0.05, 0.1) is 0 Å². The Morgan fingerprint density at radius 1 is 1.14 bits per heavy atom. The van der Waals surface area contributed by atoms with Crippen LogP contribution in [0.1, 0.15) is 37.5 Å². The van der Waals surface area contributed by atoms with Crippen LogP contribution in [0.25, 0.3) is 0 Å². The van der Waals surface area contributed by atoms with Crippen LogP contribution >= 0.6 is 0 Å². The third-order valence-corrected chi connectivity index (χ3v) is 3.33. The molecule has 1 heteroatoms. The van der Waals surface area contributed by atoms with E-state index in [2.05, 4.69) is 52.8 Å². The smallest absolute Gasteiger partial charge is 0.0404 e. The van der Waals surface area contributed by atoms with Gasteiger partial charge in [-0.15, -0.1) is 0 Å². The molecule has 1 nitrogen and oxygen atoms in total. The Bertz CT molecular complexity index is 324. The summed E-state index contributed by atoms with van der Waals surface area (Å²) in [6.45, 7) is 10.7. The molecule has 1 aromatic carbocycles. The summed E-state index contributed by atoms with van der Waals surface area (Å²) in [5, 5.41) is 0. The van der Waals surface area contributed by atoms with Crippen LogP contribution in [-0.2, 0) is 5.54 Å². The normalized spacial score (nSPS) is 15.6. The van der Waals surface area contributed by atoms with Crippen LogP contribution in [0.3, 0.4) is 0 Å². The molecular weight excluding hydrogens is 170 g/mol. The minimum absolute atomic E-state index is 0.224. The SMILES string of the molecule is Cc1ccc([C@](C)(N)C(C)C)cc1C. The zero-order valence-corrected chi connectivity index (χ0v) is 9.89. The number of rotatable bonds is 2. The fourth-order valence-corrected chi connectivity index (χ4v) is 1.41. The van der Waals surface area contributed by atoms with E-state index in [-0.39, 0.29) is 5.54 Å². The minimum atomic E-state index is -0.224. The van der Waals surface area contributed by atoms with Crippen molar-refractivity contribution in [3.05, 3.63) is 34.9 Å². The topological polar surface area (TPSA) is 26.0 Å².